The van der Waals surface area contributed by atoms with Crippen molar-refractivity contribution in [1.82, 2.24) is 9.97 Å². The minimum absolute atomic E-state index is 0.393. The molecule has 0 saturated heterocycles. The summed E-state index contributed by atoms with van der Waals surface area (Å²) in [4.78, 5) is 18.7. The summed E-state index contributed by atoms with van der Waals surface area (Å²) >= 11 is 3.42. The highest BCUT2D eigenvalue weighted by Crippen LogP contribution is 2.25. The largest absolute Gasteiger partial charge is 0.296 e. The van der Waals surface area contributed by atoms with E-state index in [1.165, 1.54) is 6.33 Å². The van der Waals surface area contributed by atoms with E-state index in [0.29, 0.717) is 5.69 Å². The van der Waals surface area contributed by atoms with E-state index in [0.717, 1.165) is 27.6 Å². The normalized spacial score (nSPS) is 10.1. The molecule has 0 bridgehead atoms. The van der Waals surface area contributed by atoms with Crippen molar-refractivity contribution < 1.29 is 4.79 Å². The lowest BCUT2D eigenvalue weighted by molar-refractivity contribution is 0.111. The Morgan fingerprint density at radius 2 is 2.06 bits per heavy atom. The number of carbonyl (C=O) groups excluding carboxylic acids is 1. The van der Waals surface area contributed by atoms with Crippen LogP contribution in [-0.4, -0.2) is 16.3 Å². The van der Waals surface area contributed by atoms with Gasteiger partial charge in [0.15, 0.2) is 6.29 Å². The molecule has 16 heavy (non-hydrogen) atoms. The quantitative estimate of drug-likeness (QED) is 0.792. The fourth-order valence-electron chi connectivity index (χ4n) is 1.45. The van der Waals surface area contributed by atoms with Gasteiger partial charge in [0.2, 0.25) is 0 Å². The zero-order valence-corrected chi connectivity index (χ0v) is 10.2. The van der Waals surface area contributed by atoms with Gasteiger partial charge in [-0.15, -0.1) is 0 Å². The average Bonchev–Trinajstić information content (AvgIpc) is 2.32. The number of hydrogen-bond acceptors (Lipinski definition) is 3. The second-order valence-electron chi connectivity index (χ2n) is 3.41. The van der Waals surface area contributed by atoms with Gasteiger partial charge in [-0.3, -0.25) is 4.79 Å². The Balaban J connectivity index is 2.57. The topological polar surface area (TPSA) is 42.9 Å². The van der Waals surface area contributed by atoms with Crippen molar-refractivity contribution in [3.8, 4) is 11.3 Å². The Bertz CT molecular complexity index is 540. The molecule has 0 aliphatic heterocycles. The molecule has 0 atom stereocenters. The fourth-order valence-corrected chi connectivity index (χ4v) is 1.82. The first kappa shape index (κ1) is 11.0. The highest BCUT2D eigenvalue weighted by Gasteiger charge is 2.05. The van der Waals surface area contributed by atoms with Crippen molar-refractivity contribution in [3.63, 3.8) is 0 Å². The van der Waals surface area contributed by atoms with Crippen LogP contribution in [0.2, 0.25) is 0 Å². The van der Waals surface area contributed by atoms with E-state index >= 15 is 0 Å². The molecule has 0 unspecified atom stereocenters. The summed E-state index contributed by atoms with van der Waals surface area (Å²) in [6.45, 7) is 2.00. The lowest BCUT2D eigenvalue weighted by atomic mass is 10.1. The number of rotatable bonds is 2. The Morgan fingerprint density at radius 1 is 1.25 bits per heavy atom. The Kier molecular flexibility index (Phi) is 3.10. The summed E-state index contributed by atoms with van der Waals surface area (Å²) in [6, 6.07) is 7.64. The first-order valence-corrected chi connectivity index (χ1v) is 5.54. The third-order valence-electron chi connectivity index (χ3n) is 2.28. The van der Waals surface area contributed by atoms with Crippen molar-refractivity contribution in [2.75, 3.05) is 0 Å². The van der Waals surface area contributed by atoms with Crippen LogP contribution in [-0.2, 0) is 0 Å². The van der Waals surface area contributed by atoms with Crippen molar-refractivity contribution in [2.24, 2.45) is 0 Å². The summed E-state index contributed by atoms with van der Waals surface area (Å²) in [7, 11) is 0. The smallest absolute Gasteiger partial charge is 0.168 e. The molecule has 4 heteroatoms. The van der Waals surface area contributed by atoms with E-state index < -0.39 is 0 Å². The van der Waals surface area contributed by atoms with Gasteiger partial charge in [-0.05, 0) is 30.7 Å². The van der Waals surface area contributed by atoms with Gasteiger partial charge in [-0.2, -0.15) is 0 Å². The molecule has 0 radical (unpaired) electrons. The minimum atomic E-state index is 0.393. The monoisotopic (exact) mass is 276 g/mol. The lowest BCUT2D eigenvalue weighted by Gasteiger charge is -2.05. The minimum Gasteiger partial charge on any atom is -0.296 e. The Morgan fingerprint density at radius 3 is 2.81 bits per heavy atom. The Hall–Kier alpha value is -1.55. The molecular formula is C12H9BrN2O. The van der Waals surface area contributed by atoms with Gasteiger partial charge < -0.3 is 0 Å². The Labute approximate surface area is 102 Å². The zero-order chi connectivity index (χ0) is 11.5. The second kappa shape index (κ2) is 4.53. The predicted octanol–water partition coefficient (Wildman–Crippen LogP) is 3.03. The summed E-state index contributed by atoms with van der Waals surface area (Å²) in [6.07, 6.45) is 2.12. The van der Waals surface area contributed by atoms with Crippen molar-refractivity contribution in [2.45, 2.75) is 6.92 Å². The number of carbonyl (C=O) groups is 1. The average molecular weight is 277 g/mol. The van der Waals surface area contributed by atoms with Crippen LogP contribution < -0.4 is 0 Å². The molecule has 1 heterocycles. The molecule has 1 aromatic heterocycles. The van der Waals surface area contributed by atoms with E-state index in [1.807, 2.05) is 25.1 Å². The van der Waals surface area contributed by atoms with Crippen LogP contribution in [0, 0.1) is 6.92 Å². The first-order chi connectivity index (χ1) is 7.70. The number of aldehydes is 1. The molecule has 0 amide bonds. The third-order valence-corrected chi connectivity index (χ3v) is 2.78. The van der Waals surface area contributed by atoms with E-state index in [4.69, 9.17) is 0 Å². The van der Waals surface area contributed by atoms with Crippen molar-refractivity contribution >= 4 is 22.2 Å². The van der Waals surface area contributed by atoms with Crippen LogP contribution in [0.25, 0.3) is 11.3 Å². The molecule has 3 nitrogen and oxygen atoms in total. The lowest BCUT2D eigenvalue weighted by Crippen LogP contribution is -1.92. The van der Waals surface area contributed by atoms with Gasteiger partial charge in [-0.25, -0.2) is 9.97 Å². The molecule has 0 saturated carbocycles. The number of aromatic nitrogens is 2. The van der Waals surface area contributed by atoms with Gasteiger partial charge in [0.25, 0.3) is 0 Å². The van der Waals surface area contributed by atoms with Gasteiger partial charge in [0.1, 0.15) is 12.0 Å². The number of benzene rings is 1. The van der Waals surface area contributed by atoms with Gasteiger partial charge in [0.05, 0.1) is 5.69 Å². The molecule has 0 spiro atoms. The molecular weight excluding hydrogens is 268 g/mol. The van der Waals surface area contributed by atoms with Crippen molar-refractivity contribution in [3.05, 3.63) is 46.3 Å². The molecule has 2 aromatic rings. The van der Waals surface area contributed by atoms with Crippen LogP contribution in [0.15, 0.2) is 35.1 Å². The summed E-state index contributed by atoms with van der Waals surface area (Å²) < 4.78 is 0.986. The maximum atomic E-state index is 10.6. The molecule has 0 aliphatic carbocycles. The van der Waals surface area contributed by atoms with Crippen LogP contribution in [0.4, 0.5) is 0 Å². The second-order valence-corrected chi connectivity index (χ2v) is 4.32. The number of aryl methyl sites for hydroxylation is 1. The fraction of sp³-hybridized carbons (Fsp3) is 0.0833. The van der Waals surface area contributed by atoms with Gasteiger partial charge >= 0.3 is 0 Å². The molecule has 0 aliphatic rings. The molecule has 80 valence electrons. The number of halogens is 1. The summed E-state index contributed by atoms with van der Waals surface area (Å²) in [5.74, 6) is 0. The SMILES string of the molecule is Cc1ccc(Br)cc1-c1cc(C=O)ncn1. The van der Waals surface area contributed by atoms with E-state index in [-0.39, 0.29) is 0 Å². The van der Waals surface area contributed by atoms with Crippen LogP contribution in [0.5, 0.6) is 0 Å². The third kappa shape index (κ3) is 2.17. The highest BCUT2D eigenvalue weighted by molar-refractivity contribution is 9.10. The van der Waals surface area contributed by atoms with E-state index in [2.05, 4.69) is 25.9 Å². The molecule has 1 aromatic carbocycles. The standard InChI is InChI=1S/C12H9BrN2O/c1-8-2-3-9(13)4-11(8)12-5-10(6-16)14-7-15-12/h2-7H,1H3. The van der Waals surface area contributed by atoms with Gasteiger partial charge in [-0.1, -0.05) is 22.0 Å². The first-order valence-electron chi connectivity index (χ1n) is 4.74. The van der Waals surface area contributed by atoms with Gasteiger partial charge in [0, 0.05) is 10.0 Å². The van der Waals surface area contributed by atoms with Crippen LogP contribution in [0.1, 0.15) is 16.1 Å². The highest BCUT2D eigenvalue weighted by atomic mass is 79.9. The van der Waals surface area contributed by atoms with E-state index in [9.17, 15) is 4.79 Å². The summed E-state index contributed by atoms with van der Waals surface area (Å²) in [5, 5.41) is 0. The van der Waals surface area contributed by atoms with Crippen LogP contribution in [0.3, 0.4) is 0 Å². The predicted molar refractivity (Wildman–Crippen MR) is 65.3 cm³/mol. The molecule has 2 rings (SSSR count). The summed E-state index contributed by atoms with van der Waals surface area (Å²) in [5.41, 5.74) is 3.26. The van der Waals surface area contributed by atoms with E-state index in [1.54, 1.807) is 6.07 Å². The number of hydrogen-bond donors (Lipinski definition) is 0. The number of nitrogens with zero attached hydrogens (tertiary/aromatic N) is 2. The van der Waals surface area contributed by atoms with Crippen LogP contribution >= 0.6 is 15.9 Å². The zero-order valence-electron chi connectivity index (χ0n) is 8.64. The maximum absolute atomic E-state index is 10.6. The molecule has 0 fully saturated rings. The molecule has 0 N–H and O–H groups in total. The van der Waals surface area contributed by atoms with Crippen molar-refractivity contribution in [1.29, 1.82) is 0 Å². The maximum Gasteiger partial charge on any atom is 0.168 e.